The Morgan fingerprint density at radius 2 is 0.808 bits per heavy atom. The summed E-state index contributed by atoms with van der Waals surface area (Å²) in [6, 6.07) is 59.4. The van der Waals surface area contributed by atoms with E-state index in [1.54, 1.807) is 0 Å². The van der Waals surface area contributed by atoms with Gasteiger partial charge in [0, 0.05) is 38.4 Å². The first kappa shape index (κ1) is 31.2. The quantitative estimate of drug-likeness (QED) is 0.166. The number of aromatic nitrogens is 4. The fourth-order valence-corrected chi connectivity index (χ4v) is 6.93. The Morgan fingerprint density at radius 1 is 0.327 bits per heavy atom. The molecule has 0 aliphatic heterocycles. The molecule has 52 heavy (non-hydrogen) atoms. The lowest BCUT2D eigenvalue weighted by atomic mass is 9.91. The van der Waals surface area contributed by atoms with Crippen LogP contribution in [-0.4, -0.2) is 19.9 Å². The molecule has 246 valence electrons. The summed E-state index contributed by atoms with van der Waals surface area (Å²) in [5, 5.41) is 3.48. The minimum atomic E-state index is 0.639. The van der Waals surface area contributed by atoms with Crippen molar-refractivity contribution >= 4 is 21.7 Å². The largest absolute Gasteiger partial charge is 0.247 e. The highest BCUT2D eigenvalue weighted by Crippen LogP contribution is 2.39. The normalized spacial score (nSPS) is 11.3. The van der Waals surface area contributed by atoms with Crippen molar-refractivity contribution in [2.75, 3.05) is 0 Å². The van der Waals surface area contributed by atoms with E-state index in [-0.39, 0.29) is 0 Å². The van der Waals surface area contributed by atoms with Crippen LogP contribution in [0.2, 0.25) is 0 Å². The highest BCUT2D eigenvalue weighted by Gasteiger charge is 2.16. The first-order valence-electron chi connectivity index (χ1n) is 17.6. The predicted octanol–water partition coefficient (Wildman–Crippen LogP) is 12.2. The number of rotatable bonds is 6. The summed E-state index contributed by atoms with van der Waals surface area (Å²) in [5.74, 6) is 1.95. The first-order chi connectivity index (χ1) is 25.6. The molecule has 0 radical (unpaired) electrons. The summed E-state index contributed by atoms with van der Waals surface area (Å²) < 4.78 is 0. The van der Waals surface area contributed by atoms with Gasteiger partial charge in [-0.2, -0.15) is 0 Å². The van der Waals surface area contributed by atoms with E-state index < -0.39 is 0 Å². The molecular formula is C48H34N4. The molecule has 7 aromatic carbocycles. The van der Waals surface area contributed by atoms with Gasteiger partial charge in [0.05, 0.1) is 11.2 Å². The lowest BCUT2D eigenvalue weighted by molar-refractivity contribution is 1.07. The molecule has 9 rings (SSSR count). The molecule has 0 saturated heterocycles. The van der Waals surface area contributed by atoms with Gasteiger partial charge < -0.3 is 0 Å². The van der Waals surface area contributed by atoms with E-state index in [1.807, 2.05) is 6.07 Å². The van der Waals surface area contributed by atoms with Gasteiger partial charge in [-0.05, 0) is 54.3 Å². The summed E-state index contributed by atoms with van der Waals surface area (Å²) in [5.41, 5.74) is 12.8. The number of pyridine rings is 1. The number of para-hydroxylation sites is 1. The number of aryl methyl sites for hydroxylation is 2. The smallest absolute Gasteiger partial charge is 0.164 e. The molecule has 0 bridgehead atoms. The van der Waals surface area contributed by atoms with Crippen LogP contribution in [0.5, 0.6) is 0 Å². The van der Waals surface area contributed by atoms with Crippen molar-refractivity contribution in [1.29, 1.82) is 0 Å². The summed E-state index contributed by atoms with van der Waals surface area (Å²) in [6.07, 6.45) is 0. The Hall–Kier alpha value is -6.78. The summed E-state index contributed by atoms with van der Waals surface area (Å²) >= 11 is 0. The minimum absolute atomic E-state index is 0.639. The van der Waals surface area contributed by atoms with E-state index in [9.17, 15) is 0 Å². The van der Waals surface area contributed by atoms with E-state index in [4.69, 9.17) is 19.9 Å². The van der Waals surface area contributed by atoms with Crippen LogP contribution < -0.4 is 0 Å². The van der Waals surface area contributed by atoms with Crippen LogP contribution in [0.1, 0.15) is 11.1 Å². The van der Waals surface area contributed by atoms with Crippen molar-refractivity contribution in [2.24, 2.45) is 0 Å². The standard InChI is InChI=1S/C48H34N4/c1-31-21-25-34(26-22-31)46-50-47(35-27-23-32(2)24-28-35)52-48(51-46)39-16-9-14-37(30-39)36-13-8-15-38(29-36)40-18-10-19-42-44(40)41-17-6-7-20-43(41)49-45(42)33-11-4-3-5-12-33/h3-30H,1-2H3. The van der Waals surface area contributed by atoms with Crippen molar-refractivity contribution in [3.63, 3.8) is 0 Å². The number of hydrogen-bond donors (Lipinski definition) is 0. The molecule has 0 spiro atoms. The van der Waals surface area contributed by atoms with Crippen LogP contribution in [0.15, 0.2) is 170 Å². The Labute approximate surface area is 303 Å². The van der Waals surface area contributed by atoms with Crippen molar-refractivity contribution in [2.45, 2.75) is 13.8 Å². The van der Waals surface area contributed by atoms with Crippen LogP contribution >= 0.6 is 0 Å². The molecule has 4 heteroatoms. The molecule has 0 aliphatic carbocycles. The van der Waals surface area contributed by atoms with Crippen LogP contribution in [0.4, 0.5) is 0 Å². The number of nitrogens with zero attached hydrogens (tertiary/aromatic N) is 4. The van der Waals surface area contributed by atoms with Gasteiger partial charge in [0.2, 0.25) is 0 Å². The maximum absolute atomic E-state index is 5.15. The molecule has 0 fully saturated rings. The SMILES string of the molecule is Cc1ccc(-c2nc(-c3ccc(C)cc3)nc(-c3cccc(-c4cccc(-c5cccc6c(-c7ccccc7)nc7ccccc7c56)c4)c3)n2)cc1. The molecule has 9 aromatic rings. The van der Waals surface area contributed by atoms with E-state index >= 15 is 0 Å². The van der Waals surface area contributed by atoms with Crippen molar-refractivity contribution in [3.8, 4) is 67.7 Å². The summed E-state index contributed by atoms with van der Waals surface area (Å²) in [7, 11) is 0. The van der Waals surface area contributed by atoms with Gasteiger partial charge in [-0.15, -0.1) is 0 Å². The van der Waals surface area contributed by atoms with Crippen molar-refractivity contribution < 1.29 is 0 Å². The van der Waals surface area contributed by atoms with E-state index in [0.29, 0.717) is 17.5 Å². The zero-order valence-corrected chi connectivity index (χ0v) is 29.0. The van der Waals surface area contributed by atoms with Crippen LogP contribution in [0.25, 0.3) is 89.4 Å². The lowest BCUT2D eigenvalue weighted by Gasteiger charge is -2.15. The summed E-state index contributed by atoms with van der Waals surface area (Å²) in [4.78, 5) is 20.1. The van der Waals surface area contributed by atoms with Crippen molar-refractivity contribution in [3.05, 3.63) is 181 Å². The monoisotopic (exact) mass is 666 g/mol. The molecule has 2 aromatic heterocycles. The van der Waals surface area contributed by atoms with Crippen LogP contribution in [0, 0.1) is 13.8 Å². The third-order valence-electron chi connectivity index (χ3n) is 9.66. The molecule has 0 unspecified atom stereocenters. The van der Waals surface area contributed by atoms with Crippen LogP contribution in [-0.2, 0) is 0 Å². The van der Waals surface area contributed by atoms with Gasteiger partial charge >= 0.3 is 0 Å². The number of hydrogen-bond acceptors (Lipinski definition) is 4. The molecule has 0 amide bonds. The van der Waals surface area contributed by atoms with Crippen LogP contribution in [0.3, 0.4) is 0 Å². The Balaban J connectivity index is 1.17. The molecule has 0 N–H and O–H groups in total. The Morgan fingerprint density at radius 3 is 1.46 bits per heavy atom. The predicted molar refractivity (Wildman–Crippen MR) is 215 cm³/mol. The topological polar surface area (TPSA) is 51.6 Å². The van der Waals surface area contributed by atoms with E-state index in [1.165, 1.54) is 22.1 Å². The second-order valence-electron chi connectivity index (χ2n) is 13.3. The molecule has 0 aliphatic rings. The second-order valence-corrected chi connectivity index (χ2v) is 13.3. The van der Waals surface area contributed by atoms with Gasteiger partial charge in [0.15, 0.2) is 17.5 Å². The number of fused-ring (bicyclic) bond motifs is 3. The van der Waals surface area contributed by atoms with E-state index in [2.05, 4.69) is 178 Å². The fraction of sp³-hybridized carbons (Fsp3) is 0.0417. The highest BCUT2D eigenvalue weighted by atomic mass is 15.0. The van der Waals surface area contributed by atoms with E-state index in [0.717, 1.165) is 60.9 Å². The second kappa shape index (κ2) is 13.2. The van der Waals surface area contributed by atoms with Gasteiger partial charge in [-0.1, -0.05) is 163 Å². The maximum atomic E-state index is 5.15. The molecule has 4 nitrogen and oxygen atoms in total. The average Bonchev–Trinajstić information content (AvgIpc) is 3.21. The zero-order chi connectivity index (χ0) is 35.0. The zero-order valence-electron chi connectivity index (χ0n) is 29.0. The maximum Gasteiger partial charge on any atom is 0.164 e. The molecule has 0 atom stereocenters. The number of benzene rings is 7. The minimum Gasteiger partial charge on any atom is -0.247 e. The Kier molecular flexibility index (Phi) is 7.90. The fourth-order valence-electron chi connectivity index (χ4n) is 6.93. The van der Waals surface area contributed by atoms with Crippen molar-refractivity contribution in [1.82, 2.24) is 19.9 Å². The molecule has 0 saturated carbocycles. The summed E-state index contributed by atoms with van der Waals surface area (Å²) in [6.45, 7) is 4.17. The Bertz CT molecular complexity index is 2670. The van der Waals surface area contributed by atoms with Gasteiger partial charge in [0.25, 0.3) is 0 Å². The first-order valence-corrected chi connectivity index (χ1v) is 17.6. The molecule has 2 heterocycles. The van der Waals surface area contributed by atoms with Gasteiger partial charge in [-0.25, -0.2) is 19.9 Å². The molecular weight excluding hydrogens is 633 g/mol. The third-order valence-corrected chi connectivity index (χ3v) is 9.66. The third kappa shape index (κ3) is 5.91. The highest BCUT2D eigenvalue weighted by molar-refractivity contribution is 6.17. The average molecular weight is 667 g/mol. The van der Waals surface area contributed by atoms with Gasteiger partial charge in [0.1, 0.15) is 0 Å². The lowest BCUT2D eigenvalue weighted by Crippen LogP contribution is -2.00. The van der Waals surface area contributed by atoms with Gasteiger partial charge in [-0.3, -0.25) is 0 Å².